The molecule has 1 aliphatic heterocycles. The van der Waals surface area contributed by atoms with Crippen LogP contribution in [0.3, 0.4) is 0 Å². The Morgan fingerprint density at radius 2 is 2.20 bits per heavy atom. The maximum atomic E-state index is 11.6. The van der Waals surface area contributed by atoms with Crippen LogP contribution in [0.1, 0.15) is 28.1 Å². The first-order chi connectivity index (χ1) is 9.56. The number of rotatable bonds is 3. The number of methoxy groups -OCH3 is 1. The summed E-state index contributed by atoms with van der Waals surface area (Å²) >= 11 is 1.19. The largest absolute Gasteiger partial charge is 0.465 e. The Bertz CT molecular complexity index is 541. The number of piperidine rings is 1. The van der Waals surface area contributed by atoms with Gasteiger partial charge in [-0.05, 0) is 33.0 Å². The van der Waals surface area contributed by atoms with E-state index in [0.29, 0.717) is 21.5 Å². The van der Waals surface area contributed by atoms with Gasteiger partial charge in [0.2, 0.25) is 0 Å². The molecule has 0 aliphatic carbocycles. The zero-order chi connectivity index (χ0) is 14.7. The van der Waals surface area contributed by atoms with Crippen LogP contribution in [-0.2, 0) is 4.74 Å². The number of nitrogen functional groups attached to an aromatic ring is 1. The summed E-state index contributed by atoms with van der Waals surface area (Å²) < 4.78 is 4.68. The van der Waals surface area contributed by atoms with Gasteiger partial charge in [0.25, 0.3) is 0 Å². The summed E-state index contributed by atoms with van der Waals surface area (Å²) in [5, 5.41) is 13.2. The minimum atomic E-state index is -0.500. The fraction of sp³-hybridized carbons (Fsp3) is 0.538. The van der Waals surface area contributed by atoms with Crippen LogP contribution in [0.5, 0.6) is 0 Å². The number of likely N-dealkylation sites (tertiary alicyclic amines) is 1. The lowest BCUT2D eigenvalue weighted by Gasteiger charge is -2.29. The normalized spacial score (nSPS) is 16.6. The molecule has 0 bridgehead atoms. The van der Waals surface area contributed by atoms with Gasteiger partial charge in [-0.15, -0.1) is 11.3 Å². The molecule has 20 heavy (non-hydrogen) atoms. The van der Waals surface area contributed by atoms with Gasteiger partial charge >= 0.3 is 5.97 Å². The second-order valence-corrected chi connectivity index (χ2v) is 5.89. The van der Waals surface area contributed by atoms with E-state index in [1.165, 1.54) is 18.4 Å². The Morgan fingerprint density at radius 1 is 1.55 bits per heavy atom. The lowest BCUT2D eigenvalue weighted by Crippen LogP contribution is -2.36. The summed E-state index contributed by atoms with van der Waals surface area (Å²) in [6, 6.07) is 2.37. The Labute approximate surface area is 122 Å². The van der Waals surface area contributed by atoms with Crippen molar-refractivity contribution in [3.63, 3.8) is 0 Å². The first-order valence-electron chi connectivity index (χ1n) is 6.42. The molecule has 1 aromatic rings. The van der Waals surface area contributed by atoms with Crippen LogP contribution in [0.2, 0.25) is 0 Å². The molecule has 7 heteroatoms. The minimum absolute atomic E-state index is 0.208. The molecule has 6 nitrogen and oxygen atoms in total. The fourth-order valence-electron chi connectivity index (χ4n) is 2.24. The van der Waals surface area contributed by atoms with Gasteiger partial charge < -0.3 is 20.7 Å². The average Bonchev–Trinajstić information content (AvgIpc) is 2.76. The molecule has 1 fully saturated rings. The van der Waals surface area contributed by atoms with E-state index >= 15 is 0 Å². The molecule has 0 atom stereocenters. The molecule has 2 rings (SSSR count). The topological polar surface area (TPSA) is 91.4 Å². The Kier molecular flexibility index (Phi) is 4.47. The predicted octanol–water partition coefficient (Wildman–Crippen LogP) is 1.49. The predicted molar refractivity (Wildman–Crippen MR) is 78.9 cm³/mol. The van der Waals surface area contributed by atoms with Gasteiger partial charge in [-0.2, -0.15) is 5.26 Å². The average molecular weight is 294 g/mol. The summed E-state index contributed by atoms with van der Waals surface area (Å²) in [6.07, 6.45) is 2.01. The molecule has 0 aromatic carbocycles. The van der Waals surface area contributed by atoms with E-state index in [4.69, 9.17) is 5.73 Å². The molecule has 0 radical (unpaired) electrons. The highest BCUT2D eigenvalue weighted by atomic mass is 32.1. The molecule has 3 N–H and O–H groups in total. The molecule has 0 saturated carbocycles. The minimum Gasteiger partial charge on any atom is -0.465 e. The van der Waals surface area contributed by atoms with E-state index in [9.17, 15) is 10.1 Å². The van der Waals surface area contributed by atoms with Crippen molar-refractivity contribution >= 4 is 28.0 Å². The smallest absolute Gasteiger partial charge is 0.350 e. The number of nitrogens with one attached hydrogen (secondary N) is 1. The van der Waals surface area contributed by atoms with Crippen molar-refractivity contribution in [1.29, 1.82) is 5.26 Å². The highest BCUT2D eigenvalue weighted by Crippen LogP contribution is 2.36. The van der Waals surface area contributed by atoms with Gasteiger partial charge in [-0.25, -0.2) is 4.79 Å². The number of esters is 1. The van der Waals surface area contributed by atoms with E-state index < -0.39 is 5.97 Å². The number of nitrogens with two attached hydrogens (primary N) is 1. The molecular weight excluding hydrogens is 276 g/mol. The monoisotopic (exact) mass is 294 g/mol. The molecular formula is C13H18N4O2S. The number of thiophene rings is 1. The molecule has 0 amide bonds. The summed E-state index contributed by atoms with van der Waals surface area (Å²) in [5.74, 6) is -0.500. The van der Waals surface area contributed by atoms with E-state index in [1.54, 1.807) is 0 Å². The zero-order valence-electron chi connectivity index (χ0n) is 11.6. The number of ether oxygens (including phenoxy) is 1. The molecule has 0 unspecified atom stereocenters. The number of hydrogen-bond acceptors (Lipinski definition) is 7. The van der Waals surface area contributed by atoms with Crippen LogP contribution in [0, 0.1) is 11.3 Å². The van der Waals surface area contributed by atoms with Crippen molar-refractivity contribution in [1.82, 2.24) is 4.90 Å². The maximum Gasteiger partial charge on any atom is 0.350 e. The van der Waals surface area contributed by atoms with Crippen molar-refractivity contribution in [3.8, 4) is 6.07 Å². The van der Waals surface area contributed by atoms with Crippen LogP contribution in [-0.4, -0.2) is 44.2 Å². The highest BCUT2D eigenvalue weighted by molar-refractivity contribution is 7.18. The van der Waals surface area contributed by atoms with Crippen molar-refractivity contribution in [3.05, 3.63) is 10.4 Å². The third kappa shape index (κ3) is 2.86. The third-order valence-corrected chi connectivity index (χ3v) is 4.60. The zero-order valence-corrected chi connectivity index (χ0v) is 12.4. The lowest BCUT2D eigenvalue weighted by atomic mass is 10.1. The van der Waals surface area contributed by atoms with E-state index in [1.807, 2.05) is 0 Å². The van der Waals surface area contributed by atoms with Gasteiger partial charge in [0, 0.05) is 6.04 Å². The molecule has 0 spiro atoms. The van der Waals surface area contributed by atoms with Crippen LogP contribution in [0.4, 0.5) is 10.7 Å². The molecule has 1 aliphatic rings. The maximum absolute atomic E-state index is 11.6. The Morgan fingerprint density at radius 3 is 2.75 bits per heavy atom. The van der Waals surface area contributed by atoms with Crippen LogP contribution < -0.4 is 11.1 Å². The summed E-state index contributed by atoms with van der Waals surface area (Å²) in [5.41, 5.74) is 6.41. The number of anilines is 2. The van der Waals surface area contributed by atoms with Crippen molar-refractivity contribution in [2.75, 3.05) is 38.3 Å². The van der Waals surface area contributed by atoms with Crippen LogP contribution >= 0.6 is 11.3 Å². The summed E-state index contributed by atoms with van der Waals surface area (Å²) in [4.78, 5) is 14.2. The van der Waals surface area contributed by atoms with Gasteiger partial charge in [-0.1, -0.05) is 0 Å². The Hall–Kier alpha value is -1.78. The summed E-state index contributed by atoms with van der Waals surface area (Å²) in [6.45, 7) is 2.04. The number of hydrogen-bond donors (Lipinski definition) is 2. The molecule has 1 saturated heterocycles. The molecule has 2 heterocycles. The highest BCUT2D eigenvalue weighted by Gasteiger charge is 2.24. The van der Waals surface area contributed by atoms with E-state index in [-0.39, 0.29) is 5.69 Å². The number of carbonyl (C=O) groups excluding carboxylic acids is 1. The first kappa shape index (κ1) is 14.6. The van der Waals surface area contributed by atoms with Crippen molar-refractivity contribution < 1.29 is 9.53 Å². The number of nitriles is 1. The summed E-state index contributed by atoms with van der Waals surface area (Å²) in [7, 11) is 3.40. The molecule has 108 valence electrons. The number of nitrogens with zero attached hydrogens (tertiary/aromatic N) is 2. The van der Waals surface area contributed by atoms with Crippen molar-refractivity contribution in [2.24, 2.45) is 0 Å². The van der Waals surface area contributed by atoms with Crippen molar-refractivity contribution in [2.45, 2.75) is 18.9 Å². The van der Waals surface area contributed by atoms with Crippen LogP contribution in [0.15, 0.2) is 0 Å². The third-order valence-electron chi connectivity index (χ3n) is 3.48. The quantitative estimate of drug-likeness (QED) is 0.821. The van der Waals surface area contributed by atoms with Gasteiger partial charge in [-0.3, -0.25) is 0 Å². The van der Waals surface area contributed by atoms with Gasteiger partial charge in [0.15, 0.2) is 0 Å². The van der Waals surface area contributed by atoms with E-state index in [0.717, 1.165) is 25.9 Å². The second-order valence-electron chi connectivity index (χ2n) is 4.87. The van der Waals surface area contributed by atoms with Gasteiger partial charge in [0.1, 0.15) is 21.5 Å². The standard InChI is InChI=1S/C13H18N4O2S/c1-17-5-3-8(4-6-17)16-12-9(7-14)10(15)11(20-12)13(18)19-2/h8,16H,3-6,15H2,1-2H3. The fourth-order valence-corrected chi connectivity index (χ4v) is 3.31. The van der Waals surface area contributed by atoms with Gasteiger partial charge in [0.05, 0.1) is 12.8 Å². The Balaban J connectivity index is 2.19. The SMILES string of the molecule is COC(=O)c1sc(NC2CCN(C)CC2)c(C#N)c1N. The number of carbonyl (C=O) groups is 1. The first-order valence-corrected chi connectivity index (χ1v) is 7.24. The lowest BCUT2D eigenvalue weighted by molar-refractivity contribution is 0.0607. The van der Waals surface area contributed by atoms with Crippen LogP contribution in [0.25, 0.3) is 0 Å². The molecule has 1 aromatic heterocycles. The second kappa shape index (κ2) is 6.11. The van der Waals surface area contributed by atoms with E-state index in [2.05, 4.69) is 28.1 Å².